The largest absolute Gasteiger partial charge is 0.310 e. The molecule has 1 aromatic carbocycles. The standard InChI is InChI=1S/C15H27N3O2S/c1-5-9-16-13(4)14-7-6-8-15(10-14)18-21(19,20)17-11-12(2)3/h6-8,10,12-13,16-18H,5,9,11H2,1-4H3. The quantitative estimate of drug-likeness (QED) is 0.656. The first-order chi connectivity index (χ1) is 9.84. The molecule has 0 aliphatic carbocycles. The lowest BCUT2D eigenvalue weighted by Gasteiger charge is -2.16. The molecule has 21 heavy (non-hydrogen) atoms. The molecule has 0 bridgehead atoms. The van der Waals surface area contributed by atoms with Crippen LogP contribution in [0.1, 0.15) is 45.7 Å². The van der Waals surface area contributed by atoms with Crippen LogP contribution in [0.15, 0.2) is 24.3 Å². The summed E-state index contributed by atoms with van der Waals surface area (Å²) < 4.78 is 28.9. The molecule has 1 unspecified atom stereocenters. The molecule has 0 fully saturated rings. The van der Waals surface area contributed by atoms with Crippen molar-refractivity contribution in [3.05, 3.63) is 29.8 Å². The molecule has 0 aliphatic heterocycles. The first-order valence-corrected chi connectivity index (χ1v) is 8.93. The molecule has 0 radical (unpaired) electrons. The fourth-order valence-corrected chi connectivity index (χ4v) is 2.88. The molecular formula is C15H27N3O2S. The molecule has 6 heteroatoms. The second-order valence-electron chi connectivity index (χ2n) is 5.65. The van der Waals surface area contributed by atoms with Gasteiger partial charge in [-0.1, -0.05) is 32.9 Å². The highest BCUT2D eigenvalue weighted by molar-refractivity contribution is 7.90. The van der Waals surface area contributed by atoms with Gasteiger partial charge in [0.05, 0.1) is 5.69 Å². The molecule has 120 valence electrons. The van der Waals surface area contributed by atoms with Gasteiger partial charge >= 0.3 is 0 Å². The number of hydrogen-bond acceptors (Lipinski definition) is 3. The summed E-state index contributed by atoms with van der Waals surface area (Å²) in [6.45, 7) is 9.47. The fraction of sp³-hybridized carbons (Fsp3) is 0.600. The van der Waals surface area contributed by atoms with E-state index in [1.54, 1.807) is 6.07 Å². The SMILES string of the molecule is CCCNC(C)c1cccc(NS(=O)(=O)NCC(C)C)c1. The molecule has 0 amide bonds. The molecule has 0 aliphatic rings. The van der Waals surface area contributed by atoms with Gasteiger partial charge in [-0.3, -0.25) is 4.72 Å². The van der Waals surface area contributed by atoms with Gasteiger partial charge in [0.25, 0.3) is 10.2 Å². The van der Waals surface area contributed by atoms with E-state index >= 15 is 0 Å². The first kappa shape index (κ1) is 17.9. The van der Waals surface area contributed by atoms with Crippen molar-refractivity contribution in [1.82, 2.24) is 10.0 Å². The van der Waals surface area contributed by atoms with E-state index in [-0.39, 0.29) is 12.0 Å². The van der Waals surface area contributed by atoms with Crippen molar-refractivity contribution in [1.29, 1.82) is 0 Å². The van der Waals surface area contributed by atoms with Crippen LogP contribution in [0.3, 0.4) is 0 Å². The summed E-state index contributed by atoms with van der Waals surface area (Å²) in [6.07, 6.45) is 1.07. The highest BCUT2D eigenvalue weighted by Gasteiger charge is 2.11. The molecule has 0 aromatic heterocycles. The zero-order valence-electron chi connectivity index (χ0n) is 13.3. The fourth-order valence-electron chi connectivity index (χ4n) is 1.82. The summed E-state index contributed by atoms with van der Waals surface area (Å²) >= 11 is 0. The monoisotopic (exact) mass is 313 g/mol. The van der Waals surface area contributed by atoms with E-state index in [1.165, 1.54) is 0 Å². The molecular weight excluding hydrogens is 286 g/mol. The van der Waals surface area contributed by atoms with Crippen molar-refractivity contribution in [3.8, 4) is 0 Å². The average Bonchev–Trinajstić information content (AvgIpc) is 2.42. The van der Waals surface area contributed by atoms with Gasteiger partial charge in [-0.2, -0.15) is 13.1 Å². The van der Waals surface area contributed by atoms with E-state index in [0.29, 0.717) is 12.2 Å². The van der Waals surface area contributed by atoms with Crippen LogP contribution in [0.2, 0.25) is 0 Å². The number of hydrogen-bond donors (Lipinski definition) is 3. The van der Waals surface area contributed by atoms with Crippen molar-refractivity contribution >= 4 is 15.9 Å². The molecule has 0 saturated heterocycles. The lowest BCUT2D eigenvalue weighted by Crippen LogP contribution is -2.32. The molecule has 5 nitrogen and oxygen atoms in total. The third-order valence-corrected chi connectivity index (χ3v) is 4.07. The Bertz CT molecular complexity index is 529. The maximum atomic E-state index is 11.9. The molecule has 0 spiro atoms. The number of benzene rings is 1. The van der Waals surface area contributed by atoms with Crippen molar-refractivity contribution in [2.45, 2.75) is 40.2 Å². The predicted octanol–water partition coefficient (Wildman–Crippen LogP) is 2.65. The van der Waals surface area contributed by atoms with Gasteiger partial charge in [-0.25, -0.2) is 0 Å². The molecule has 1 rings (SSSR count). The van der Waals surface area contributed by atoms with E-state index in [0.717, 1.165) is 18.5 Å². The zero-order valence-corrected chi connectivity index (χ0v) is 14.1. The van der Waals surface area contributed by atoms with Crippen LogP contribution in [-0.4, -0.2) is 21.5 Å². The van der Waals surface area contributed by atoms with E-state index in [1.807, 2.05) is 32.0 Å². The van der Waals surface area contributed by atoms with Gasteiger partial charge in [-0.05, 0) is 43.5 Å². The summed E-state index contributed by atoms with van der Waals surface area (Å²) in [7, 11) is -3.51. The highest BCUT2D eigenvalue weighted by Crippen LogP contribution is 2.18. The second kappa shape index (κ2) is 8.36. The average molecular weight is 313 g/mol. The van der Waals surface area contributed by atoms with Crippen LogP contribution in [0.25, 0.3) is 0 Å². The van der Waals surface area contributed by atoms with E-state index in [2.05, 4.69) is 28.6 Å². The van der Waals surface area contributed by atoms with Crippen LogP contribution < -0.4 is 14.8 Å². The minimum Gasteiger partial charge on any atom is -0.310 e. The lowest BCUT2D eigenvalue weighted by atomic mass is 10.1. The van der Waals surface area contributed by atoms with Gasteiger partial charge in [-0.15, -0.1) is 0 Å². The molecule has 1 aromatic rings. The molecule has 0 heterocycles. The van der Waals surface area contributed by atoms with Crippen LogP contribution in [0, 0.1) is 5.92 Å². The Kier molecular flexibility index (Phi) is 7.14. The zero-order chi connectivity index (χ0) is 15.9. The van der Waals surface area contributed by atoms with E-state index in [9.17, 15) is 8.42 Å². The first-order valence-electron chi connectivity index (χ1n) is 7.44. The lowest BCUT2D eigenvalue weighted by molar-refractivity contribution is 0.564. The summed E-state index contributed by atoms with van der Waals surface area (Å²) in [6, 6.07) is 7.66. The van der Waals surface area contributed by atoms with Gasteiger partial charge < -0.3 is 5.32 Å². The number of rotatable bonds is 9. The highest BCUT2D eigenvalue weighted by atomic mass is 32.2. The number of anilines is 1. The van der Waals surface area contributed by atoms with E-state index in [4.69, 9.17) is 0 Å². The normalized spacial score (nSPS) is 13.4. The molecule has 0 saturated carbocycles. The second-order valence-corrected chi connectivity index (χ2v) is 7.15. The third kappa shape index (κ3) is 6.93. The maximum absolute atomic E-state index is 11.9. The van der Waals surface area contributed by atoms with Crippen LogP contribution in [0.5, 0.6) is 0 Å². The smallest absolute Gasteiger partial charge is 0.299 e. The Labute approximate surface area is 128 Å². The van der Waals surface area contributed by atoms with Crippen LogP contribution >= 0.6 is 0 Å². The van der Waals surface area contributed by atoms with Crippen molar-refractivity contribution in [2.24, 2.45) is 5.92 Å². The van der Waals surface area contributed by atoms with Gasteiger partial charge in [0.1, 0.15) is 0 Å². The Balaban J connectivity index is 2.72. The minimum atomic E-state index is -3.51. The van der Waals surface area contributed by atoms with Crippen molar-refractivity contribution < 1.29 is 8.42 Å². The predicted molar refractivity (Wildman–Crippen MR) is 88.5 cm³/mol. The van der Waals surface area contributed by atoms with Crippen molar-refractivity contribution in [3.63, 3.8) is 0 Å². The van der Waals surface area contributed by atoms with E-state index < -0.39 is 10.2 Å². The Hall–Kier alpha value is -1.11. The van der Waals surface area contributed by atoms with Gasteiger partial charge in [0.2, 0.25) is 0 Å². The summed E-state index contributed by atoms with van der Waals surface area (Å²) in [5.74, 6) is 0.270. The van der Waals surface area contributed by atoms with Crippen LogP contribution in [0.4, 0.5) is 5.69 Å². The third-order valence-electron chi connectivity index (χ3n) is 3.02. The maximum Gasteiger partial charge on any atom is 0.299 e. The summed E-state index contributed by atoms with van der Waals surface area (Å²) in [4.78, 5) is 0. The Morgan fingerprint density at radius 1 is 1.19 bits per heavy atom. The Morgan fingerprint density at radius 2 is 1.90 bits per heavy atom. The topological polar surface area (TPSA) is 70.2 Å². The number of nitrogens with one attached hydrogen (secondary N) is 3. The molecule has 1 atom stereocenters. The van der Waals surface area contributed by atoms with Gasteiger partial charge in [0.15, 0.2) is 0 Å². The summed E-state index contributed by atoms with van der Waals surface area (Å²) in [5.41, 5.74) is 1.64. The van der Waals surface area contributed by atoms with Gasteiger partial charge in [0, 0.05) is 12.6 Å². The Morgan fingerprint density at radius 3 is 2.52 bits per heavy atom. The van der Waals surface area contributed by atoms with Crippen molar-refractivity contribution in [2.75, 3.05) is 17.8 Å². The summed E-state index contributed by atoms with van der Waals surface area (Å²) in [5, 5.41) is 3.39. The minimum absolute atomic E-state index is 0.193. The van der Waals surface area contributed by atoms with Crippen LogP contribution in [-0.2, 0) is 10.2 Å². The molecule has 3 N–H and O–H groups in total.